The first-order valence-electron chi connectivity index (χ1n) is 14.0. The van der Waals surface area contributed by atoms with Crippen LogP contribution in [0.4, 0.5) is 19.5 Å². The Morgan fingerprint density at radius 3 is 2.53 bits per heavy atom. The summed E-state index contributed by atoms with van der Waals surface area (Å²) in [6, 6.07) is 2.65. The summed E-state index contributed by atoms with van der Waals surface area (Å²) in [5, 5.41) is 17.0. The molecule has 1 unspecified atom stereocenters. The molecule has 11 nitrogen and oxygen atoms in total. The number of benzene rings is 1. The lowest BCUT2D eigenvalue weighted by Gasteiger charge is -2.33. The van der Waals surface area contributed by atoms with Gasteiger partial charge in [0, 0.05) is 43.9 Å². The number of amides is 1. The van der Waals surface area contributed by atoms with Crippen molar-refractivity contribution in [2.75, 3.05) is 31.1 Å². The zero-order valence-corrected chi connectivity index (χ0v) is 24.8. The Labute approximate surface area is 253 Å². The van der Waals surface area contributed by atoms with Crippen LogP contribution in [0, 0.1) is 17.6 Å². The van der Waals surface area contributed by atoms with Gasteiger partial charge in [0.1, 0.15) is 17.2 Å². The molecule has 43 heavy (non-hydrogen) atoms. The van der Waals surface area contributed by atoms with Gasteiger partial charge in [-0.2, -0.15) is 0 Å². The molecule has 14 heteroatoms. The molecule has 1 amide bonds. The van der Waals surface area contributed by atoms with Crippen LogP contribution in [0.2, 0.25) is 5.02 Å². The average molecular weight is 618 g/mol. The number of piperidine rings is 1. The third-order valence-electron chi connectivity index (χ3n) is 7.33. The second-order valence-electron chi connectivity index (χ2n) is 11.7. The van der Waals surface area contributed by atoms with Crippen molar-refractivity contribution in [3.8, 4) is 5.75 Å². The molecule has 4 heterocycles. The molecule has 3 N–H and O–H groups in total. The highest BCUT2D eigenvalue weighted by Crippen LogP contribution is 2.34. The van der Waals surface area contributed by atoms with Gasteiger partial charge in [-0.05, 0) is 57.5 Å². The normalized spacial score (nSPS) is 23.1. The fourth-order valence-electron chi connectivity index (χ4n) is 5.38. The number of aromatic nitrogens is 4. The van der Waals surface area contributed by atoms with Crippen LogP contribution in [0.3, 0.4) is 0 Å². The fraction of sp³-hybridized carbons (Fsp3) is 0.483. The molecular formula is C29H34ClF2N7O4. The minimum atomic E-state index is -0.736. The Bertz CT molecular complexity index is 1410. The molecule has 0 spiro atoms. The lowest BCUT2D eigenvalue weighted by Crippen LogP contribution is -2.44. The van der Waals surface area contributed by atoms with Crippen molar-refractivity contribution < 1.29 is 28.2 Å². The summed E-state index contributed by atoms with van der Waals surface area (Å²) in [7, 11) is 0. The Morgan fingerprint density at radius 1 is 1.14 bits per heavy atom. The quantitative estimate of drug-likeness (QED) is 0.359. The van der Waals surface area contributed by atoms with Gasteiger partial charge in [-0.3, -0.25) is 0 Å². The van der Waals surface area contributed by atoms with Gasteiger partial charge in [0.25, 0.3) is 0 Å². The highest BCUT2D eigenvalue weighted by Gasteiger charge is 2.39. The van der Waals surface area contributed by atoms with Crippen LogP contribution in [0.5, 0.6) is 5.75 Å². The Hall–Kier alpha value is -3.68. The number of rotatable bonds is 7. The summed E-state index contributed by atoms with van der Waals surface area (Å²) in [5.74, 6) is -1.05. The second-order valence-corrected chi connectivity index (χ2v) is 12.1. The number of hydrogen-bond donors (Lipinski definition) is 3. The van der Waals surface area contributed by atoms with E-state index < -0.39 is 47.5 Å². The maximum absolute atomic E-state index is 14.8. The predicted octanol–water partition coefficient (Wildman–Crippen LogP) is 3.79. The Balaban J connectivity index is 1.36. The lowest BCUT2D eigenvalue weighted by atomic mass is 9.89. The first-order chi connectivity index (χ1) is 20.5. The molecule has 0 bridgehead atoms. The van der Waals surface area contributed by atoms with E-state index in [2.05, 4.69) is 30.6 Å². The summed E-state index contributed by atoms with van der Waals surface area (Å²) in [6.45, 7) is 6.77. The number of anilines is 1. The maximum atomic E-state index is 14.8. The third kappa shape index (κ3) is 7.64. The van der Waals surface area contributed by atoms with Crippen LogP contribution in [0.1, 0.15) is 50.6 Å². The molecular weight excluding hydrogens is 584 g/mol. The van der Waals surface area contributed by atoms with E-state index in [1.165, 1.54) is 24.8 Å². The van der Waals surface area contributed by atoms with Gasteiger partial charge in [0.15, 0.2) is 17.7 Å². The van der Waals surface area contributed by atoms with E-state index in [1.54, 1.807) is 25.7 Å². The molecule has 2 aromatic heterocycles. The highest BCUT2D eigenvalue weighted by atomic mass is 35.5. The van der Waals surface area contributed by atoms with Crippen LogP contribution in [0.25, 0.3) is 0 Å². The van der Waals surface area contributed by atoms with Gasteiger partial charge in [-0.15, -0.1) is 0 Å². The number of aliphatic hydroxyl groups is 1. The van der Waals surface area contributed by atoms with E-state index in [-0.39, 0.29) is 24.6 Å². The van der Waals surface area contributed by atoms with E-state index in [0.29, 0.717) is 42.1 Å². The van der Waals surface area contributed by atoms with E-state index in [9.17, 15) is 18.7 Å². The van der Waals surface area contributed by atoms with Crippen molar-refractivity contribution in [3.05, 3.63) is 71.0 Å². The molecule has 5 atom stereocenters. The van der Waals surface area contributed by atoms with Gasteiger partial charge in [-0.25, -0.2) is 33.5 Å². The third-order valence-corrected chi connectivity index (χ3v) is 7.52. The largest absolute Gasteiger partial charge is 0.479 e. The molecule has 0 radical (unpaired) electrons. The summed E-state index contributed by atoms with van der Waals surface area (Å²) < 4.78 is 40.6. The van der Waals surface area contributed by atoms with Crippen LogP contribution in [0.15, 0.2) is 43.0 Å². The molecule has 2 saturated heterocycles. The van der Waals surface area contributed by atoms with Gasteiger partial charge in [-0.1, -0.05) is 11.6 Å². The van der Waals surface area contributed by atoms with Gasteiger partial charge >= 0.3 is 6.09 Å². The summed E-state index contributed by atoms with van der Waals surface area (Å²) >= 11 is 5.98. The number of carbonyl (C=O) groups is 1. The number of aliphatic hydroxyl groups excluding tert-OH is 1. The van der Waals surface area contributed by atoms with E-state index >= 15 is 0 Å². The lowest BCUT2D eigenvalue weighted by molar-refractivity contribution is 0.00247. The first kappa shape index (κ1) is 30.8. The van der Waals surface area contributed by atoms with Crippen LogP contribution >= 0.6 is 11.6 Å². The van der Waals surface area contributed by atoms with E-state index in [4.69, 9.17) is 21.1 Å². The Morgan fingerprint density at radius 2 is 1.86 bits per heavy atom. The topological polar surface area (TPSA) is 135 Å². The monoisotopic (exact) mass is 617 g/mol. The molecule has 2 aliphatic heterocycles. The van der Waals surface area contributed by atoms with Gasteiger partial charge in [0.2, 0.25) is 5.95 Å². The van der Waals surface area contributed by atoms with Gasteiger partial charge in [0.05, 0.1) is 29.6 Å². The minimum absolute atomic E-state index is 0.134. The zero-order valence-electron chi connectivity index (χ0n) is 24.0. The molecule has 2 fully saturated rings. The second kappa shape index (κ2) is 12.9. The van der Waals surface area contributed by atoms with Crippen molar-refractivity contribution in [3.63, 3.8) is 0 Å². The van der Waals surface area contributed by atoms with Crippen molar-refractivity contribution >= 4 is 23.6 Å². The van der Waals surface area contributed by atoms with Crippen molar-refractivity contribution in [1.29, 1.82) is 0 Å². The molecule has 0 saturated carbocycles. The number of carbonyl (C=O) groups excluding carboxylic acids is 1. The van der Waals surface area contributed by atoms with Gasteiger partial charge < -0.3 is 30.1 Å². The van der Waals surface area contributed by atoms with Crippen LogP contribution in [-0.4, -0.2) is 75.1 Å². The standard InChI is InChI=1S/C29H34ClF2N7O4/c1-29(2,3)43-28(41)38-23-15-39(14-21(23)20-8-17(31)4-5-22(20)32)27-36-11-18(12-37-27)42-25(19-6-7-33-13-24(19)40)26-34-9-16(30)10-35-26/h4-5,8-12,19,21,23-25,33,40H,6-7,13-15H2,1-3H3,(H,38,41)/t19-,21+,23-,24-,25?/m0/s1. The first-order valence-corrected chi connectivity index (χ1v) is 14.4. The molecule has 1 aromatic carbocycles. The number of halogens is 3. The molecule has 3 aromatic rings. The van der Waals surface area contributed by atoms with Crippen molar-refractivity contribution in [2.24, 2.45) is 5.92 Å². The highest BCUT2D eigenvalue weighted by molar-refractivity contribution is 6.30. The van der Waals surface area contributed by atoms with E-state index in [1.807, 2.05) is 0 Å². The summed E-state index contributed by atoms with van der Waals surface area (Å²) in [6.07, 6.45) is 4.53. The Kier molecular flexibility index (Phi) is 9.23. The van der Waals surface area contributed by atoms with Crippen molar-refractivity contribution in [2.45, 2.75) is 57.0 Å². The number of ether oxygens (including phenoxy) is 2. The summed E-state index contributed by atoms with van der Waals surface area (Å²) in [4.78, 5) is 32.0. The van der Waals surface area contributed by atoms with Crippen molar-refractivity contribution in [1.82, 2.24) is 30.6 Å². The molecule has 230 valence electrons. The molecule has 2 aliphatic rings. The SMILES string of the molecule is CC(C)(C)OC(=O)N[C@H]1CN(c2ncc(OC(c3ncc(Cl)cn3)[C@H]3CCNC[C@@H]3O)cn2)C[C@@H]1c1cc(F)ccc1F. The number of hydrogen-bond acceptors (Lipinski definition) is 10. The summed E-state index contributed by atoms with van der Waals surface area (Å²) in [5.41, 5.74) is -0.602. The van der Waals surface area contributed by atoms with E-state index in [0.717, 1.165) is 18.2 Å². The maximum Gasteiger partial charge on any atom is 0.407 e. The minimum Gasteiger partial charge on any atom is -0.479 e. The molecule has 5 rings (SSSR count). The average Bonchev–Trinajstić information content (AvgIpc) is 3.36. The molecule has 0 aliphatic carbocycles. The predicted molar refractivity (Wildman–Crippen MR) is 154 cm³/mol. The zero-order chi connectivity index (χ0) is 30.7. The number of β-amino-alcohol motifs (C(OH)–C–C–N with tert-alkyl or cyclic N) is 1. The van der Waals surface area contributed by atoms with Crippen LogP contribution in [-0.2, 0) is 4.74 Å². The van der Waals surface area contributed by atoms with Crippen LogP contribution < -0.4 is 20.3 Å². The number of alkyl carbamates (subject to hydrolysis) is 1. The smallest absolute Gasteiger partial charge is 0.407 e. The number of nitrogens with one attached hydrogen (secondary N) is 2. The fourth-order valence-corrected chi connectivity index (χ4v) is 5.48. The number of nitrogens with zero attached hydrogens (tertiary/aromatic N) is 5.